The molecule has 0 aliphatic carbocycles. The Kier molecular flexibility index (Phi) is 2.61. The molecule has 3 aromatic rings. The normalized spacial score (nSPS) is 10.7. The van der Waals surface area contributed by atoms with Crippen molar-refractivity contribution in [3.63, 3.8) is 0 Å². The Balaban J connectivity index is 1.99. The van der Waals surface area contributed by atoms with Crippen LogP contribution in [0.15, 0.2) is 30.6 Å². The third-order valence-corrected chi connectivity index (χ3v) is 2.95. The number of hydrogen-bond donors (Lipinski definition) is 1. The van der Waals surface area contributed by atoms with Gasteiger partial charge in [0.1, 0.15) is 11.6 Å². The molecule has 7 heteroatoms. The van der Waals surface area contributed by atoms with Crippen LogP contribution >= 0.6 is 0 Å². The molecule has 0 fully saturated rings. The Morgan fingerprint density at radius 2 is 2.21 bits per heavy atom. The first-order valence-electron chi connectivity index (χ1n) is 5.78. The van der Waals surface area contributed by atoms with Gasteiger partial charge in [0.05, 0.1) is 23.8 Å². The van der Waals surface area contributed by atoms with Crippen LogP contribution in [0, 0.1) is 11.3 Å². The van der Waals surface area contributed by atoms with E-state index in [0.29, 0.717) is 30.1 Å². The van der Waals surface area contributed by atoms with Gasteiger partial charge in [-0.3, -0.25) is 4.68 Å². The van der Waals surface area contributed by atoms with Crippen molar-refractivity contribution in [2.45, 2.75) is 13.1 Å². The van der Waals surface area contributed by atoms with E-state index in [1.165, 1.54) is 0 Å². The van der Waals surface area contributed by atoms with Crippen LogP contribution in [0.2, 0.25) is 0 Å². The van der Waals surface area contributed by atoms with Gasteiger partial charge in [-0.1, -0.05) is 11.3 Å². The summed E-state index contributed by atoms with van der Waals surface area (Å²) in [6.07, 6.45) is 3.42. The molecule has 0 spiro atoms. The Bertz CT molecular complexity index is 748. The summed E-state index contributed by atoms with van der Waals surface area (Å²) >= 11 is 0. The monoisotopic (exact) mass is 253 g/mol. The maximum absolute atomic E-state index is 9.05. The maximum atomic E-state index is 9.05. The molecule has 0 aliphatic rings. The average molecular weight is 253 g/mol. The summed E-state index contributed by atoms with van der Waals surface area (Å²) in [5.41, 5.74) is 7.94. The number of rotatable bonds is 3. The van der Waals surface area contributed by atoms with Crippen LogP contribution in [0.1, 0.15) is 5.56 Å². The number of imidazole rings is 1. The lowest BCUT2D eigenvalue weighted by Crippen LogP contribution is -2.10. The van der Waals surface area contributed by atoms with Gasteiger partial charge in [0, 0.05) is 12.7 Å². The van der Waals surface area contributed by atoms with Crippen LogP contribution in [-0.2, 0) is 13.1 Å². The van der Waals surface area contributed by atoms with Crippen molar-refractivity contribution < 1.29 is 0 Å². The van der Waals surface area contributed by atoms with Gasteiger partial charge in [-0.2, -0.15) is 5.26 Å². The Morgan fingerprint density at radius 1 is 1.32 bits per heavy atom. The third-order valence-electron chi connectivity index (χ3n) is 2.95. The smallest absolute Gasteiger partial charge is 0.201 e. The number of anilines is 1. The largest absolute Gasteiger partial charge is 0.369 e. The molecule has 1 aromatic carbocycles. The number of nitriles is 1. The number of nitrogen functional groups attached to an aromatic ring is 1. The van der Waals surface area contributed by atoms with Crippen molar-refractivity contribution in [3.05, 3.63) is 36.2 Å². The van der Waals surface area contributed by atoms with Crippen LogP contribution < -0.4 is 5.73 Å². The molecule has 0 saturated heterocycles. The number of nitrogens with zero attached hydrogens (tertiary/aromatic N) is 6. The number of aromatic nitrogens is 5. The van der Waals surface area contributed by atoms with Crippen LogP contribution in [0.3, 0.4) is 0 Å². The lowest BCUT2D eigenvalue weighted by atomic mass is 10.2. The zero-order chi connectivity index (χ0) is 13.2. The van der Waals surface area contributed by atoms with E-state index in [4.69, 9.17) is 11.0 Å². The minimum atomic E-state index is 0.401. The molecule has 2 heterocycles. The minimum Gasteiger partial charge on any atom is -0.369 e. The van der Waals surface area contributed by atoms with Crippen molar-refractivity contribution in [2.75, 3.05) is 5.73 Å². The third kappa shape index (κ3) is 1.89. The van der Waals surface area contributed by atoms with Gasteiger partial charge in [0.25, 0.3) is 0 Å². The highest BCUT2D eigenvalue weighted by Gasteiger charge is 2.11. The quantitative estimate of drug-likeness (QED) is 0.743. The summed E-state index contributed by atoms with van der Waals surface area (Å²) < 4.78 is 3.59. The first-order valence-corrected chi connectivity index (χ1v) is 5.78. The van der Waals surface area contributed by atoms with Gasteiger partial charge in [-0.15, -0.1) is 5.10 Å². The molecule has 2 aromatic heterocycles. The van der Waals surface area contributed by atoms with Crippen LogP contribution in [0.25, 0.3) is 11.0 Å². The molecule has 7 nitrogen and oxygen atoms in total. The second kappa shape index (κ2) is 4.42. The van der Waals surface area contributed by atoms with E-state index in [1.54, 1.807) is 23.1 Å². The number of hydrogen-bond acceptors (Lipinski definition) is 5. The van der Waals surface area contributed by atoms with Crippen LogP contribution in [-0.4, -0.2) is 24.5 Å². The molecule has 19 heavy (non-hydrogen) atoms. The van der Waals surface area contributed by atoms with Crippen molar-refractivity contribution in [3.8, 4) is 6.07 Å². The Labute approximate surface area is 108 Å². The van der Waals surface area contributed by atoms with E-state index < -0.39 is 0 Å². The predicted molar refractivity (Wildman–Crippen MR) is 68.9 cm³/mol. The fraction of sp³-hybridized carbons (Fsp3) is 0.167. The summed E-state index contributed by atoms with van der Waals surface area (Å²) in [7, 11) is 0. The highest BCUT2D eigenvalue weighted by atomic mass is 15.4. The fourth-order valence-electron chi connectivity index (χ4n) is 2.04. The van der Waals surface area contributed by atoms with E-state index in [2.05, 4.69) is 21.4 Å². The van der Waals surface area contributed by atoms with E-state index in [0.717, 1.165) is 5.52 Å². The molecule has 0 saturated carbocycles. The molecule has 0 atom stereocenters. The molecule has 0 unspecified atom stereocenters. The first kappa shape index (κ1) is 11.2. The zero-order valence-corrected chi connectivity index (χ0v) is 10.1. The molecule has 94 valence electrons. The Hall–Kier alpha value is -2.88. The summed E-state index contributed by atoms with van der Waals surface area (Å²) in [6.45, 7) is 1.27. The van der Waals surface area contributed by atoms with Crippen molar-refractivity contribution in [1.82, 2.24) is 24.5 Å². The summed E-state index contributed by atoms with van der Waals surface area (Å²) in [5.74, 6) is 0.401. The van der Waals surface area contributed by atoms with Crippen molar-refractivity contribution in [1.29, 1.82) is 5.26 Å². The molecular formula is C12H11N7. The standard InChI is InChI=1S/C12H11N7/c13-8-9-2-1-3-10-11(9)16-12(14)19(10)7-6-18-5-4-15-17-18/h1-5H,6-7H2,(H2,14,16). The van der Waals surface area contributed by atoms with Crippen LogP contribution in [0.4, 0.5) is 5.95 Å². The molecule has 0 amide bonds. The second-order valence-corrected chi connectivity index (χ2v) is 4.07. The van der Waals surface area contributed by atoms with Gasteiger partial charge >= 0.3 is 0 Å². The number of benzene rings is 1. The summed E-state index contributed by atoms with van der Waals surface area (Å²) in [6, 6.07) is 7.58. The van der Waals surface area contributed by atoms with E-state index in [9.17, 15) is 0 Å². The van der Waals surface area contributed by atoms with Gasteiger partial charge in [-0.05, 0) is 12.1 Å². The highest BCUT2D eigenvalue weighted by Crippen LogP contribution is 2.20. The Morgan fingerprint density at radius 3 is 2.95 bits per heavy atom. The molecule has 0 radical (unpaired) electrons. The van der Waals surface area contributed by atoms with E-state index in [-0.39, 0.29) is 0 Å². The molecule has 0 bridgehead atoms. The lowest BCUT2D eigenvalue weighted by Gasteiger charge is -2.06. The van der Waals surface area contributed by atoms with Gasteiger partial charge in [0.15, 0.2) is 0 Å². The SMILES string of the molecule is N#Cc1cccc2c1nc(N)n2CCn1ccnn1. The van der Waals surface area contributed by atoms with Gasteiger partial charge in [-0.25, -0.2) is 4.98 Å². The average Bonchev–Trinajstić information content (AvgIpc) is 3.03. The molecule has 0 aliphatic heterocycles. The number of aryl methyl sites for hydroxylation is 2. The summed E-state index contributed by atoms with van der Waals surface area (Å²) in [5, 5.41) is 16.7. The van der Waals surface area contributed by atoms with Gasteiger partial charge in [0.2, 0.25) is 5.95 Å². The van der Waals surface area contributed by atoms with E-state index in [1.807, 2.05) is 16.7 Å². The van der Waals surface area contributed by atoms with Crippen molar-refractivity contribution in [2.24, 2.45) is 0 Å². The number of para-hydroxylation sites is 1. The molecule has 2 N–H and O–H groups in total. The summed E-state index contributed by atoms with van der Waals surface area (Å²) in [4.78, 5) is 4.26. The predicted octanol–water partition coefficient (Wildman–Crippen LogP) is 0.782. The van der Waals surface area contributed by atoms with Crippen LogP contribution in [0.5, 0.6) is 0 Å². The lowest BCUT2D eigenvalue weighted by molar-refractivity contribution is 0.529. The second-order valence-electron chi connectivity index (χ2n) is 4.07. The molecular weight excluding hydrogens is 242 g/mol. The van der Waals surface area contributed by atoms with E-state index >= 15 is 0 Å². The minimum absolute atomic E-state index is 0.401. The highest BCUT2D eigenvalue weighted by molar-refractivity contribution is 5.83. The fourth-order valence-corrected chi connectivity index (χ4v) is 2.04. The topological polar surface area (TPSA) is 98.3 Å². The number of nitrogens with two attached hydrogens (primary N) is 1. The zero-order valence-electron chi connectivity index (χ0n) is 10.1. The maximum Gasteiger partial charge on any atom is 0.201 e. The van der Waals surface area contributed by atoms with Gasteiger partial charge < -0.3 is 10.3 Å². The van der Waals surface area contributed by atoms with Crippen molar-refractivity contribution >= 4 is 17.0 Å². The first-order chi connectivity index (χ1) is 9.29. The molecule has 3 rings (SSSR count). The number of fused-ring (bicyclic) bond motifs is 1.